The highest BCUT2D eigenvalue weighted by Gasteiger charge is 2.31. The van der Waals surface area contributed by atoms with E-state index in [1.54, 1.807) is 0 Å². The Kier molecular flexibility index (Phi) is 3.59. The van der Waals surface area contributed by atoms with Crippen LogP contribution in [0, 0.1) is 13.8 Å². The number of aromatic nitrogens is 4. The lowest BCUT2D eigenvalue weighted by atomic mass is 10.2. The highest BCUT2D eigenvalue weighted by atomic mass is 16.2. The van der Waals surface area contributed by atoms with Gasteiger partial charge in [0.1, 0.15) is 11.3 Å². The van der Waals surface area contributed by atoms with Crippen LogP contribution in [0.25, 0.3) is 5.65 Å². The van der Waals surface area contributed by atoms with Crippen LogP contribution in [0.4, 0.5) is 0 Å². The summed E-state index contributed by atoms with van der Waals surface area (Å²) >= 11 is 0. The summed E-state index contributed by atoms with van der Waals surface area (Å²) in [5.74, 6) is 0.0180. The Bertz CT molecular complexity index is 894. The zero-order valence-electron chi connectivity index (χ0n) is 14.0. The smallest absolute Gasteiger partial charge is 0.274 e. The van der Waals surface area contributed by atoms with Gasteiger partial charge in [0.2, 0.25) is 0 Å². The number of hydrogen-bond acceptors (Lipinski definition) is 3. The predicted octanol–water partition coefficient (Wildman–Crippen LogP) is 2.45. The van der Waals surface area contributed by atoms with Gasteiger partial charge in [0, 0.05) is 24.6 Å². The molecule has 0 aromatic carbocycles. The van der Waals surface area contributed by atoms with Gasteiger partial charge in [-0.15, -0.1) is 0 Å². The summed E-state index contributed by atoms with van der Waals surface area (Å²) in [7, 11) is 0. The second-order valence-electron chi connectivity index (χ2n) is 6.56. The molecule has 3 aromatic rings. The second kappa shape index (κ2) is 5.78. The van der Waals surface area contributed by atoms with Gasteiger partial charge in [-0.05, 0) is 44.4 Å². The molecule has 1 amide bonds. The number of likely N-dealkylation sites (tertiary alicyclic amines) is 1. The lowest BCUT2D eigenvalue weighted by Gasteiger charge is -2.23. The van der Waals surface area contributed by atoms with E-state index >= 15 is 0 Å². The highest BCUT2D eigenvalue weighted by Crippen LogP contribution is 2.22. The molecule has 4 heterocycles. The first kappa shape index (κ1) is 14.9. The minimum absolute atomic E-state index is 0.0180. The van der Waals surface area contributed by atoms with Crippen molar-refractivity contribution in [3.63, 3.8) is 0 Å². The Balaban J connectivity index is 1.58. The highest BCUT2D eigenvalue weighted by molar-refractivity contribution is 5.93. The first-order valence-electron chi connectivity index (χ1n) is 8.36. The van der Waals surface area contributed by atoms with Gasteiger partial charge >= 0.3 is 0 Å². The lowest BCUT2D eigenvalue weighted by molar-refractivity contribution is 0.0716. The van der Waals surface area contributed by atoms with E-state index in [2.05, 4.69) is 10.1 Å². The zero-order valence-corrected chi connectivity index (χ0v) is 14.0. The van der Waals surface area contributed by atoms with E-state index < -0.39 is 0 Å². The molecule has 0 aliphatic carbocycles. The van der Waals surface area contributed by atoms with Crippen molar-refractivity contribution in [3.8, 4) is 0 Å². The van der Waals surface area contributed by atoms with Gasteiger partial charge in [-0.2, -0.15) is 5.10 Å². The summed E-state index contributed by atoms with van der Waals surface area (Å²) in [6, 6.07) is 6.09. The molecular formula is C18H21N5O. The Morgan fingerprint density at radius 3 is 2.92 bits per heavy atom. The summed E-state index contributed by atoms with van der Waals surface area (Å²) in [6.07, 6.45) is 7.77. The molecule has 0 N–H and O–H groups in total. The van der Waals surface area contributed by atoms with Gasteiger partial charge in [-0.25, -0.2) is 4.98 Å². The van der Waals surface area contributed by atoms with E-state index in [-0.39, 0.29) is 11.9 Å². The summed E-state index contributed by atoms with van der Waals surface area (Å²) < 4.78 is 3.90. The van der Waals surface area contributed by atoms with Crippen molar-refractivity contribution in [3.05, 3.63) is 53.7 Å². The van der Waals surface area contributed by atoms with Crippen molar-refractivity contribution in [2.24, 2.45) is 0 Å². The van der Waals surface area contributed by atoms with Crippen molar-refractivity contribution in [2.45, 2.75) is 39.3 Å². The van der Waals surface area contributed by atoms with Crippen LogP contribution < -0.4 is 0 Å². The third-order valence-electron chi connectivity index (χ3n) is 4.71. The fraction of sp³-hybridized carbons (Fsp3) is 0.389. The van der Waals surface area contributed by atoms with E-state index in [4.69, 9.17) is 0 Å². The van der Waals surface area contributed by atoms with Crippen molar-refractivity contribution >= 4 is 11.6 Å². The number of fused-ring (bicyclic) bond motifs is 1. The maximum Gasteiger partial charge on any atom is 0.274 e. The van der Waals surface area contributed by atoms with Crippen molar-refractivity contribution in [1.29, 1.82) is 0 Å². The first-order chi connectivity index (χ1) is 11.6. The van der Waals surface area contributed by atoms with E-state index in [1.807, 2.05) is 64.6 Å². The first-order valence-corrected chi connectivity index (χ1v) is 8.36. The van der Waals surface area contributed by atoms with Gasteiger partial charge in [0.05, 0.1) is 18.8 Å². The molecule has 6 nitrogen and oxygen atoms in total. The summed E-state index contributed by atoms with van der Waals surface area (Å²) in [5.41, 5.74) is 3.55. The molecule has 1 fully saturated rings. The molecule has 1 atom stereocenters. The van der Waals surface area contributed by atoms with Gasteiger partial charge in [-0.1, -0.05) is 6.07 Å². The molecule has 0 bridgehead atoms. The minimum atomic E-state index is 0.0180. The monoisotopic (exact) mass is 323 g/mol. The molecule has 4 rings (SSSR count). The van der Waals surface area contributed by atoms with Crippen molar-refractivity contribution < 1.29 is 4.79 Å². The average molecular weight is 323 g/mol. The van der Waals surface area contributed by atoms with Crippen LogP contribution in [0.2, 0.25) is 0 Å². The van der Waals surface area contributed by atoms with Crippen molar-refractivity contribution in [2.75, 3.05) is 6.54 Å². The van der Waals surface area contributed by atoms with E-state index in [0.717, 1.165) is 42.8 Å². The van der Waals surface area contributed by atoms with Crippen LogP contribution in [-0.4, -0.2) is 42.6 Å². The number of rotatable bonds is 3. The standard InChI is InChI=1S/C18H21N5O/c1-13-9-19-21(10-13)11-15-6-4-8-22(15)18(24)16-12-23-14(2)5-3-7-17(23)20-16/h3,5,7,9-10,12,15H,4,6,8,11H2,1-2H3. The molecule has 0 spiro atoms. The molecule has 1 saturated heterocycles. The van der Waals surface area contributed by atoms with Crippen LogP contribution in [0.1, 0.15) is 34.6 Å². The number of imidazole rings is 1. The van der Waals surface area contributed by atoms with Gasteiger partial charge in [0.25, 0.3) is 5.91 Å². The van der Waals surface area contributed by atoms with Gasteiger partial charge in [-0.3, -0.25) is 9.48 Å². The minimum Gasteiger partial charge on any atom is -0.332 e. The Morgan fingerprint density at radius 2 is 2.17 bits per heavy atom. The quantitative estimate of drug-likeness (QED) is 0.744. The Hall–Kier alpha value is -2.63. The third-order valence-corrected chi connectivity index (χ3v) is 4.71. The summed E-state index contributed by atoms with van der Waals surface area (Å²) in [5, 5.41) is 4.35. The molecule has 24 heavy (non-hydrogen) atoms. The zero-order chi connectivity index (χ0) is 16.7. The topological polar surface area (TPSA) is 55.4 Å². The van der Waals surface area contributed by atoms with Crippen LogP contribution in [-0.2, 0) is 6.54 Å². The lowest BCUT2D eigenvalue weighted by Crippen LogP contribution is -2.38. The average Bonchev–Trinajstić information content (AvgIpc) is 3.27. The molecule has 0 saturated carbocycles. The maximum absolute atomic E-state index is 13.0. The summed E-state index contributed by atoms with van der Waals surface area (Å²) in [6.45, 7) is 5.57. The van der Waals surface area contributed by atoms with Gasteiger partial charge < -0.3 is 9.30 Å². The maximum atomic E-state index is 13.0. The third kappa shape index (κ3) is 2.58. The molecule has 0 radical (unpaired) electrons. The number of hydrogen-bond donors (Lipinski definition) is 0. The number of nitrogens with zero attached hydrogens (tertiary/aromatic N) is 5. The largest absolute Gasteiger partial charge is 0.332 e. The van der Waals surface area contributed by atoms with Crippen LogP contribution in [0.15, 0.2) is 36.8 Å². The van der Waals surface area contributed by atoms with Crippen LogP contribution in [0.5, 0.6) is 0 Å². The molecule has 1 unspecified atom stereocenters. The van der Waals surface area contributed by atoms with E-state index in [9.17, 15) is 4.79 Å². The fourth-order valence-electron chi connectivity index (χ4n) is 3.47. The van der Waals surface area contributed by atoms with E-state index in [1.165, 1.54) is 0 Å². The Morgan fingerprint density at radius 1 is 1.29 bits per heavy atom. The number of amides is 1. The number of carbonyl (C=O) groups is 1. The molecule has 1 aliphatic rings. The van der Waals surface area contributed by atoms with Crippen LogP contribution >= 0.6 is 0 Å². The summed E-state index contributed by atoms with van der Waals surface area (Å²) in [4.78, 5) is 19.4. The second-order valence-corrected chi connectivity index (χ2v) is 6.56. The predicted molar refractivity (Wildman–Crippen MR) is 91.0 cm³/mol. The number of pyridine rings is 1. The van der Waals surface area contributed by atoms with E-state index in [0.29, 0.717) is 5.69 Å². The number of aryl methyl sites for hydroxylation is 2. The Labute approximate surface area is 140 Å². The fourth-order valence-corrected chi connectivity index (χ4v) is 3.47. The van der Waals surface area contributed by atoms with Crippen molar-refractivity contribution in [1.82, 2.24) is 24.1 Å². The molecule has 3 aromatic heterocycles. The molecule has 6 heteroatoms. The molecule has 1 aliphatic heterocycles. The van der Waals surface area contributed by atoms with Crippen LogP contribution in [0.3, 0.4) is 0 Å². The SMILES string of the molecule is Cc1cnn(CC2CCCN2C(=O)c2cn3c(C)cccc3n2)c1. The number of carbonyl (C=O) groups excluding carboxylic acids is 1. The normalized spacial score (nSPS) is 17.8. The molecule has 124 valence electrons. The van der Waals surface area contributed by atoms with Gasteiger partial charge in [0.15, 0.2) is 0 Å². The molecular weight excluding hydrogens is 302 g/mol.